The Kier molecular flexibility index (Phi) is 14.1. The van der Waals surface area contributed by atoms with E-state index in [2.05, 4.69) is 29.3 Å². The maximum absolute atomic E-state index is 11.0. The average Bonchev–Trinajstić information content (AvgIpc) is 2.36. The molecule has 1 amide bonds. The summed E-state index contributed by atoms with van der Waals surface area (Å²) in [5.74, 6) is -0.124. The second-order valence-electron chi connectivity index (χ2n) is 4.88. The smallest absolute Gasteiger partial charge is 0.254 e. The third-order valence-electron chi connectivity index (χ3n) is 3.16. The van der Waals surface area contributed by atoms with E-state index in [4.69, 9.17) is 0 Å². The molecule has 0 fully saturated rings. The van der Waals surface area contributed by atoms with Gasteiger partial charge in [0.15, 0.2) is 0 Å². The van der Waals surface area contributed by atoms with E-state index >= 15 is 0 Å². The molecule has 0 aromatic rings. The zero-order valence-corrected chi connectivity index (χ0v) is 12.6. The first-order chi connectivity index (χ1) is 8.81. The van der Waals surface area contributed by atoms with E-state index < -0.39 is 0 Å². The van der Waals surface area contributed by atoms with E-state index in [9.17, 15) is 4.79 Å². The Morgan fingerprint density at radius 3 is 1.78 bits per heavy atom. The SMILES string of the molecule is CCCCCCCCCCCCCC(=O)N=C=S. The van der Waals surface area contributed by atoms with Gasteiger partial charge in [-0.2, -0.15) is 4.99 Å². The van der Waals surface area contributed by atoms with Crippen LogP contribution < -0.4 is 0 Å². The molecule has 0 aliphatic carbocycles. The van der Waals surface area contributed by atoms with Crippen LogP contribution in [0.1, 0.15) is 84.0 Å². The van der Waals surface area contributed by atoms with E-state index in [1.165, 1.54) is 57.8 Å². The van der Waals surface area contributed by atoms with Crippen molar-refractivity contribution in [3.8, 4) is 0 Å². The number of unbranched alkanes of at least 4 members (excludes halogenated alkanes) is 10. The topological polar surface area (TPSA) is 29.4 Å². The third-order valence-corrected chi connectivity index (χ3v) is 3.26. The van der Waals surface area contributed by atoms with Gasteiger partial charge in [-0.25, -0.2) is 0 Å². The molecule has 0 radical (unpaired) electrons. The molecule has 0 saturated heterocycles. The highest BCUT2D eigenvalue weighted by Crippen LogP contribution is 2.11. The zero-order valence-electron chi connectivity index (χ0n) is 11.7. The number of thiocarbonyl (C=S) groups is 1. The number of amides is 1. The van der Waals surface area contributed by atoms with E-state index in [0.29, 0.717) is 6.42 Å². The molecule has 0 spiro atoms. The standard InChI is InChI=1S/C15H27NOS/c1-2-3-4-5-6-7-8-9-10-11-12-13-15(17)16-14-18/h2-13H2,1H3. The van der Waals surface area contributed by atoms with Gasteiger partial charge in [0.05, 0.1) is 5.16 Å². The number of isothiocyanates is 1. The minimum absolute atomic E-state index is 0.124. The number of aliphatic imine (C=N–C) groups is 1. The molecule has 0 rings (SSSR count). The highest BCUT2D eigenvalue weighted by molar-refractivity contribution is 7.78. The van der Waals surface area contributed by atoms with Crippen LogP contribution in [0.4, 0.5) is 0 Å². The summed E-state index contributed by atoms with van der Waals surface area (Å²) in [4.78, 5) is 14.4. The summed E-state index contributed by atoms with van der Waals surface area (Å²) in [7, 11) is 0. The normalized spacial score (nSPS) is 10.1. The molecule has 0 unspecified atom stereocenters. The predicted octanol–water partition coefficient (Wildman–Crippen LogP) is 5.32. The highest BCUT2D eigenvalue weighted by atomic mass is 32.1. The van der Waals surface area contributed by atoms with Crippen LogP contribution in [0, 0.1) is 0 Å². The molecule has 0 aliphatic heterocycles. The first-order valence-corrected chi connectivity index (χ1v) is 7.82. The molecule has 0 bridgehead atoms. The molecule has 0 aromatic heterocycles. The van der Waals surface area contributed by atoms with Crippen molar-refractivity contribution in [2.24, 2.45) is 4.99 Å². The molecule has 3 heteroatoms. The predicted molar refractivity (Wildman–Crippen MR) is 81.1 cm³/mol. The summed E-state index contributed by atoms with van der Waals surface area (Å²) in [6.07, 6.45) is 14.8. The van der Waals surface area contributed by atoms with E-state index in [1.807, 2.05) is 0 Å². The lowest BCUT2D eigenvalue weighted by atomic mass is 10.1. The average molecular weight is 269 g/mol. The fourth-order valence-electron chi connectivity index (χ4n) is 2.05. The summed E-state index contributed by atoms with van der Waals surface area (Å²) in [5.41, 5.74) is 0. The molecule has 0 aliphatic rings. The van der Waals surface area contributed by atoms with Gasteiger partial charge in [-0.3, -0.25) is 4.79 Å². The Bertz CT molecular complexity index is 247. The second-order valence-corrected chi connectivity index (χ2v) is 5.06. The van der Waals surface area contributed by atoms with Gasteiger partial charge in [0.1, 0.15) is 0 Å². The second kappa shape index (κ2) is 14.5. The summed E-state index contributed by atoms with van der Waals surface area (Å²) in [6, 6.07) is 0. The first kappa shape index (κ1) is 17.5. The molecule has 0 atom stereocenters. The molecule has 0 saturated carbocycles. The zero-order chi connectivity index (χ0) is 13.5. The van der Waals surface area contributed by atoms with Crippen LogP contribution in [0.2, 0.25) is 0 Å². The van der Waals surface area contributed by atoms with Gasteiger partial charge >= 0.3 is 0 Å². The molecular formula is C15H27NOS. The maximum atomic E-state index is 11.0. The number of hydrogen-bond donors (Lipinski definition) is 0. The van der Waals surface area contributed by atoms with Gasteiger partial charge < -0.3 is 0 Å². The number of rotatable bonds is 12. The van der Waals surface area contributed by atoms with Crippen LogP contribution in [-0.2, 0) is 4.79 Å². The molecule has 0 N–H and O–H groups in total. The van der Waals surface area contributed by atoms with Crippen molar-refractivity contribution in [3.05, 3.63) is 0 Å². The van der Waals surface area contributed by atoms with Gasteiger partial charge in [0.25, 0.3) is 5.91 Å². The van der Waals surface area contributed by atoms with Crippen LogP contribution in [-0.4, -0.2) is 11.1 Å². The lowest BCUT2D eigenvalue weighted by Crippen LogP contribution is -1.91. The van der Waals surface area contributed by atoms with Crippen LogP contribution in [0.15, 0.2) is 4.99 Å². The minimum atomic E-state index is -0.124. The van der Waals surface area contributed by atoms with Crippen molar-refractivity contribution >= 4 is 23.3 Å². The molecule has 18 heavy (non-hydrogen) atoms. The van der Waals surface area contributed by atoms with Crippen molar-refractivity contribution in [3.63, 3.8) is 0 Å². The van der Waals surface area contributed by atoms with Crippen molar-refractivity contribution in [1.82, 2.24) is 0 Å². The van der Waals surface area contributed by atoms with Gasteiger partial charge in [-0.1, -0.05) is 71.1 Å². The van der Waals surface area contributed by atoms with Crippen molar-refractivity contribution < 1.29 is 4.79 Å². The van der Waals surface area contributed by atoms with Crippen LogP contribution in [0.5, 0.6) is 0 Å². The summed E-state index contributed by atoms with van der Waals surface area (Å²) < 4.78 is 0. The van der Waals surface area contributed by atoms with E-state index in [0.717, 1.165) is 12.8 Å². The van der Waals surface area contributed by atoms with Gasteiger partial charge in [-0.15, -0.1) is 0 Å². The lowest BCUT2D eigenvalue weighted by Gasteiger charge is -2.01. The number of nitrogens with zero attached hydrogens (tertiary/aromatic N) is 1. The Morgan fingerprint density at radius 2 is 1.33 bits per heavy atom. The van der Waals surface area contributed by atoms with Gasteiger partial charge in [0.2, 0.25) is 0 Å². The summed E-state index contributed by atoms with van der Waals surface area (Å²) in [5, 5.41) is 2.12. The molecule has 104 valence electrons. The monoisotopic (exact) mass is 269 g/mol. The van der Waals surface area contributed by atoms with Crippen molar-refractivity contribution in [2.45, 2.75) is 84.0 Å². The molecule has 0 aromatic carbocycles. The number of hydrogen-bond acceptors (Lipinski definition) is 2. The number of carbonyl (C=O) groups is 1. The lowest BCUT2D eigenvalue weighted by molar-refractivity contribution is -0.117. The third kappa shape index (κ3) is 13.5. The Morgan fingerprint density at radius 1 is 0.889 bits per heavy atom. The number of carbonyl (C=O) groups excluding carboxylic acids is 1. The fourth-order valence-corrected chi connectivity index (χ4v) is 2.15. The Balaban J connectivity index is 3.07. The minimum Gasteiger partial charge on any atom is -0.272 e. The Labute approximate surface area is 117 Å². The largest absolute Gasteiger partial charge is 0.272 e. The van der Waals surface area contributed by atoms with Crippen molar-refractivity contribution in [1.29, 1.82) is 0 Å². The van der Waals surface area contributed by atoms with E-state index in [1.54, 1.807) is 0 Å². The molecular weight excluding hydrogens is 242 g/mol. The van der Waals surface area contributed by atoms with Gasteiger partial charge in [0, 0.05) is 6.42 Å². The quantitative estimate of drug-likeness (QED) is 0.273. The summed E-state index contributed by atoms with van der Waals surface area (Å²) in [6.45, 7) is 2.25. The van der Waals surface area contributed by atoms with Crippen LogP contribution >= 0.6 is 12.2 Å². The highest BCUT2D eigenvalue weighted by Gasteiger charge is 1.98. The molecule has 2 nitrogen and oxygen atoms in total. The first-order valence-electron chi connectivity index (χ1n) is 7.42. The van der Waals surface area contributed by atoms with Crippen LogP contribution in [0.3, 0.4) is 0 Å². The van der Waals surface area contributed by atoms with Crippen LogP contribution in [0.25, 0.3) is 0 Å². The fraction of sp³-hybridized carbons (Fsp3) is 0.867. The van der Waals surface area contributed by atoms with Gasteiger partial charge in [-0.05, 0) is 18.6 Å². The maximum Gasteiger partial charge on any atom is 0.254 e. The Hall–Kier alpha value is -0.530. The van der Waals surface area contributed by atoms with E-state index in [-0.39, 0.29) is 5.91 Å². The summed E-state index contributed by atoms with van der Waals surface area (Å²) >= 11 is 4.38. The van der Waals surface area contributed by atoms with Crippen molar-refractivity contribution in [2.75, 3.05) is 0 Å². The molecule has 0 heterocycles.